The maximum atomic E-state index is 11.8. The summed E-state index contributed by atoms with van der Waals surface area (Å²) in [5.74, 6) is 0.836. The van der Waals surface area contributed by atoms with E-state index in [9.17, 15) is 9.59 Å². The van der Waals surface area contributed by atoms with Crippen molar-refractivity contribution in [2.75, 3.05) is 5.32 Å². The largest absolute Gasteiger partial charge is 0.345 e. The fourth-order valence-corrected chi connectivity index (χ4v) is 3.10. The van der Waals surface area contributed by atoms with E-state index in [0.29, 0.717) is 5.82 Å². The molecule has 5 nitrogen and oxygen atoms in total. The van der Waals surface area contributed by atoms with E-state index in [1.807, 2.05) is 31.2 Å². The minimum atomic E-state index is -0.00182. The summed E-state index contributed by atoms with van der Waals surface area (Å²) in [5.41, 5.74) is 4.04. The number of nitrogens with zero attached hydrogens (tertiary/aromatic N) is 1. The van der Waals surface area contributed by atoms with Crippen molar-refractivity contribution >= 4 is 17.6 Å². The zero-order chi connectivity index (χ0) is 16.7. The Labute approximate surface area is 140 Å². The lowest BCUT2D eigenvalue weighted by Crippen LogP contribution is -2.16. The maximum Gasteiger partial charge on any atom is 0.252 e. The fraction of sp³-hybridized carbons (Fsp3) is 0.316. The van der Waals surface area contributed by atoms with Crippen molar-refractivity contribution in [3.63, 3.8) is 0 Å². The number of pyridine rings is 1. The van der Waals surface area contributed by atoms with Crippen LogP contribution in [0.25, 0.3) is 0 Å². The molecule has 1 aromatic heterocycles. The summed E-state index contributed by atoms with van der Waals surface area (Å²) in [5, 5.41) is 5.80. The highest BCUT2D eigenvalue weighted by Gasteiger charge is 2.29. The van der Waals surface area contributed by atoms with Crippen LogP contribution in [0.1, 0.15) is 52.9 Å². The number of carbonyl (C=O) groups is 2. The van der Waals surface area contributed by atoms with Gasteiger partial charge in [0.05, 0.1) is 6.04 Å². The summed E-state index contributed by atoms with van der Waals surface area (Å²) in [4.78, 5) is 27.9. The molecule has 0 bridgehead atoms. The highest BCUT2D eigenvalue weighted by atomic mass is 16.2. The molecular weight excluding hydrogens is 302 g/mol. The van der Waals surface area contributed by atoms with Gasteiger partial charge in [0.2, 0.25) is 5.91 Å². The van der Waals surface area contributed by atoms with Crippen LogP contribution in [0.4, 0.5) is 5.82 Å². The second kappa shape index (κ2) is 5.74. The molecule has 0 saturated heterocycles. The van der Waals surface area contributed by atoms with E-state index in [2.05, 4.69) is 21.7 Å². The van der Waals surface area contributed by atoms with E-state index in [4.69, 9.17) is 0 Å². The Morgan fingerprint density at radius 1 is 1.25 bits per heavy atom. The number of hydrogen-bond donors (Lipinski definition) is 2. The number of anilines is 1. The molecule has 122 valence electrons. The summed E-state index contributed by atoms with van der Waals surface area (Å²) in [6, 6.07) is 9.88. The van der Waals surface area contributed by atoms with Crippen molar-refractivity contribution in [3.05, 3.63) is 58.8 Å². The van der Waals surface area contributed by atoms with Crippen LogP contribution < -0.4 is 10.6 Å². The quantitative estimate of drug-likeness (QED) is 0.909. The van der Waals surface area contributed by atoms with Gasteiger partial charge in [-0.2, -0.15) is 0 Å². The summed E-state index contributed by atoms with van der Waals surface area (Å²) < 4.78 is 0. The van der Waals surface area contributed by atoms with Crippen molar-refractivity contribution in [2.24, 2.45) is 5.92 Å². The van der Waals surface area contributed by atoms with Crippen LogP contribution >= 0.6 is 0 Å². The number of amides is 2. The Hall–Kier alpha value is -2.69. The predicted molar refractivity (Wildman–Crippen MR) is 90.7 cm³/mol. The summed E-state index contributed by atoms with van der Waals surface area (Å²) >= 11 is 0. The zero-order valence-corrected chi connectivity index (χ0v) is 13.5. The normalized spacial score (nSPS) is 18.9. The summed E-state index contributed by atoms with van der Waals surface area (Å²) in [7, 11) is 0. The number of rotatable bonds is 4. The molecule has 2 N–H and O–H groups in total. The highest BCUT2D eigenvalue weighted by molar-refractivity contribution is 5.99. The molecule has 1 aromatic carbocycles. The molecule has 2 heterocycles. The van der Waals surface area contributed by atoms with E-state index < -0.39 is 0 Å². The molecule has 1 aliphatic heterocycles. The van der Waals surface area contributed by atoms with Gasteiger partial charge in [0, 0.05) is 17.7 Å². The Bertz CT molecular complexity index is 827. The Kier molecular flexibility index (Phi) is 3.56. The molecule has 1 unspecified atom stereocenters. The Morgan fingerprint density at radius 2 is 2.04 bits per heavy atom. The lowest BCUT2D eigenvalue weighted by Gasteiger charge is -2.08. The standard InChI is InChI=1S/C19H19N3O2/c1-11-16-9-12(2-5-15(16)19(24)21-11)8-13-6-7-20-17(10-13)22-18(23)14-3-4-14/h2,5-7,9-11,14H,3-4,8H2,1H3,(H,21,24)(H,20,22,23). The van der Waals surface area contributed by atoms with E-state index in [0.717, 1.165) is 41.5 Å². The molecule has 2 amide bonds. The second-order valence-corrected chi connectivity index (χ2v) is 6.61. The molecule has 1 fully saturated rings. The van der Waals surface area contributed by atoms with Crippen LogP contribution in [0.2, 0.25) is 0 Å². The molecule has 1 atom stereocenters. The molecule has 5 heteroatoms. The second-order valence-electron chi connectivity index (χ2n) is 6.61. The first kappa shape index (κ1) is 14.9. The van der Waals surface area contributed by atoms with Crippen molar-refractivity contribution in [2.45, 2.75) is 32.2 Å². The van der Waals surface area contributed by atoms with Gasteiger partial charge in [-0.25, -0.2) is 4.98 Å². The molecule has 1 aliphatic carbocycles. The minimum absolute atomic E-state index is 0.00182. The number of fused-ring (bicyclic) bond motifs is 1. The third kappa shape index (κ3) is 2.89. The number of nitrogens with one attached hydrogen (secondary N) is 2. The lowest BCUT2D eigenvalue weighted by molar-refractivity contribution is -0.117. The van der Waals surface area contributed by atoms with Crippen molar-refractivity contribution in [1.82, 2.24) is 10.3 Å². The monoisotopic (exact) mass is 321 g/mol. The molecule has 2 aromatic rings. The van der Waals surface area contributed by atoms with Gasteiger partial charge in [0.25, 0.3) is 5.91 Å². The van der Waals surface area contributed by atoms with Crippen molar-refractivity contribution in [1.29, 1.82) is 0 Å². The van der Waals surface area contributed by atoms with Gasteiger partial charge < -0.3 is 10.6 Å². The van der Waals surface area contributed by atoms with Crippen molar-refractivity contribution in [3.8, 4) is 0 Å². The number of benzene rings is 1. The summed E-state index contributed by atoms with van der Waals surface area (Å²) in [6.45, 7) is 1.99. The molecule has 0 radical (unpaired) electrons. The van der Waals surface area contributed by atoms with Crippen LogP contribution in [0, 0.1) is 5.92 Å². The maximum absolute atomic E-state index is 11.8. The van der Waals surface area contributed by atoms with Gasteiger partial charge in [0.1, 0.15) is 5.82 Å². The van der Waals surface area contributed by atoms with Gasteiger partial charge >= 0.3 is 0 Å². The van der Waals surface area contributed by atoms with Gasteiger partial charge in [-0.05, 0) is 61.1 Å². The molecule has 0 spiro atoms. The van der Waals surface area contributed by atoms with E-state index in [1.54, 1.807) is 6.20 Å². The smallest absolute Gasteiger partial charge is 0.252 e. The molecule has 24 heavy (non-hydrogen) atoms. The van der Waals surface area contributed by atoms with Gasteiger partial charge in [-0.3, -0.25) is 9.59 Å². The van der Waals surface area contributed by atoms with Gasteiger partial charge in [-0.1, -0.05) is 12.1 Å². The van der Waals surface area contributed by atoms with Crippen molar-refractivity contribution < 1.29 is 9.59 Å². The molecule has 1 saturated carbocycles. The van der Waals surface area contributed by atoms with Gasteiger partial charge in [-0.15, -0.1) is 0 Å². The van der Waals surface area contributed by atoms with Crippen LogP contribution in [0.3, 0.4) is 0 Å². The predicted octanol–water partition coefficient (Wildman–Crippen LogP) is 2.83. The van der Waals surface area contributed by atoms with E-state index in [1.165, 1.54) is 0 Å². The zero-order valence-electron chi connectivity index (χ0n) is 13.5. The third-order valence-corrected chi connectivity index (χ3v) is 4.61. The third-order valence-electron chi connectivity index (χ3n) is 4.61. The SMILES string of the molecule is CC1NC(=O)c2ccc(Cc3ccnc(NC(=O)C4CC4)c3)cc21. The minimum Gasteiger partial charge on any atom is -0.345 e. The molecule has 4 rings (SSSR count). The highest BCUT2D eigenvalue weighted by Crippen LogP contribution is 2.30. The topological polar surface area (TPSA) is 71.1 Å². The van der Waals surface area contributed by atoms with E-state index in [-0.39, 0.29) is 23.8 Å². The first-order valence-corrected chi connectivity index (χ1v) is 8.29. The first-order valence-electron chi connectivity index (χ1n) is 8.29. The van der Waals surface area contributed by atoms with Crippen LogP contribution in [-0.2, 0) is 11.2 Å². The fourth-order valence-electron chi connectivity index (χ4n) is 3.10. The Morgan fingerprint density at radius 3 is 2.83 bits per heavy atom. The summed E-state index contributed by atoms with van der Waals surface area (Å²) in [6.07, 6.45) is 4.42. The van der Waals surface area contributed by atoms with Crippen LogP contribution in [-0.4, -0.2) is 16.8 Å². The molecular formula is C19H19N3O2. The average Bonchev–Trinajstić information content (AvgIpc) is 3.36. The van der Waals surface area contributed by atoms with E-state index >= 15 is 0 Å². The van der Waals surface area contributed by atoms with Gasteiger partial charge in [0.15, 0.2) is 0 Å². The average molecular weight is 321 g/mol. The first-order chi connectivity index (χ1) is 11.6. The van der Waals surface area contributed by atoms with Crippen LogP contribution in [0.5, 0.6) is 0 Å². The number of aromatic nitrogens is 1. The Balaban J connectivity index is 1.52. The lowest BCUT2D eigenvalue weighted by atomic mass is 9.98. The number of carbonyl (C=O) groups excluding carboxylic acids is 2. The van der Waals surface area contributed by atoms with Crippen LogP contribution in [0.15, 0.2) is 36.5 Å². The molecule has 2 aliphatic rings. The number of hydrogen-bond acceptors (Lipinski definition) is 3.